The highest BCUT2D eigenvalue weighted by atomic mass is 16.2. The average molecular weight is 246 g/mol. The number of likely N-dealkylation sites (N-methyl/N-ethyl adjacent to an activating group) is 1. The zero-order valence-corrected chi connectivity index (χ0v) is 11.1. The molecule has 0 spiro atoms. The first-order chi connectivity index (χ1) is 8.81. The Kier molecular flexibility index (Phi) is 4.76. The first-order valence-corrected chi connectivity index (χ1v) is 6.87. The highest BCUT2D eigenvalue weighted by Gasteiger charge is 2.24. The van der Waals surface area contributed by atoms with E-state index in [0.29, 0.717) is 6.54 Å². The largest absolute Gasteiger partial charge is 0.337 e. The van der Waals surface area contributed by atoms with Crippen LogP contribution < -0.4 is 5.32 Å². The van der Waals surface area contributed by atoms with E-state index in [1.54, 1.807) is 0 Å². The third-order valence-corrected chi connectivity index (χ3v) is 3.52. The minimum Gasteiger partial charge on any atom is -0.337 e. The van der Waals surface area contributed by atoms with Crippen LogP contribution in [0.5, 0.6) is 0 Å². The van der Waals surface area contributed by atoms with Gasteiger partial charge >= 0.3 is 0 Å². The first-order valence-electron chi connectivity index (χ1n) is 6.87. The lowest BCUT2D eigenvalue weighted by Crippen LogP contribution is -2.48. The summed E-state index contributed by atoms with van der Waals surface area (Å²) in [6, 6.07) is 10.2. The SMILES string of the molecule is CCN(Cc1ccccc1)C(=O)C1CCCCN1. The zero-order chi connectivity index (χ0) is 12.8. The smallest absolute Gasteiger partial charge is 0.239 e. The summed E-state index contributed by atoms with van der Waals surface area (Å²) in [7, 11) is 0. The van der Waals surface area contributed by atoms with Gasteiger partial charge in [-0.3, -0.25) is 4.79 Å². The van der Waals surface area contributed by atoms with Crippen molar-refractivity contribution in [3.63, 3.8) is 0 Å². The van der Waals surface area contributed by atoms with Crippen molar-refractivity contribution in [1.29, 1.82) is 0 Å². The molecule has 1 atom stereocenters. The van der Waals surface area contributed by atoms with Crippen molar-refractivity contribution in [1.82, 2.24) is 10.2 Å². The van der Waals surface area contributed by atoms with Crippen LogP contribution in [0.4, 0.5) is 0 Å². The van der Waals surface area contributed by atoms with Crippen LogP contribution >= 0.6 is 0 Å². The quantitative estimate of drug-likeness (QED) is 0.883. The molecule has 0 aliphatic carbocycles. The van der Waals surface area contributed by atoms with Crippen LogP contribution in [0.15, 0.2) is 30.3 Å². The molecule has 1 amide bonds. The number of hydrogen-bond acceptors (Lipinski definition) is 2. The standard InChI is InChI=1S/C15H22N2O/c1-2-17(12-13-8-4-3-5-9-13)15(18)14-10-6-7-11-16-14/h3-5,8-9,14,16H,2,6-7,10-12H2,1H3. The predicted molar refractivity (Wildman–Crippen MR) is 73.2 cm³/mol. The van der Waals surface area contributed by atoms with E-state index in [0.717, 1.165) is 25.9 Å². The van der Waals surface area contributed by atoms with Crippen LogP contribution in [-0.2, 0) is 11.3 Å². The van der Waals surface area contributed by atoms with Gasteiger partial charge in [-0.2, -0.15) is 0 Å². The van der Waals surface area contributed by atoms with Crippen LogP contribution in [0.2, 0.25) is 0 Å². The lowest BCUT2D eigenvalue weighted by molar-refractivity contribution is -0.134. The topological polar surface area (TPSA) is 32.3 Å². The molecule has 1 heterocycles. The van der Waals surface area contributed by atoms with E-state index >= 15 is 0 Å². The van der Waals surface area contributed by atoms with E-state index in [-0.39, 0.29) is 11.9 Å². The molecular weight excluding hydrogens is 224 g/mol. The monoisotopic (exact) mass is 246 g/mol. The van der Waals surface area contributed by atoms with Crippen molar-refractivity contribution in [3.8, 4) is 0 Å². The fraction of sp³-hybridized carbons (Fsp3) is 0.533. The molecule has 1 saturated heterocycles. The average Bonchev–Trinajstić information content (AvgIpc) is 2.46. The molecule has 1 aromatic carbocycles. The van der Waals surface area contributed by atoms with Crippen LogP contribution in [0.3, 0.4) is 0 Å². The second-order valence-corrected chi connectivity index (χ2v) is 4.84. The maximum atomic E-state index is 12.4. The lowest BCUT2D eigenvalue weighted by Gasteiger charge is -2.29. The molecule has 3 heteroatoms. The fourth-order valence-corrected chi connectivity index (χ4v) is 2.43. The summed E-state index contributed by atoms with van der Waals surface area (Å²) in [6.45, 7) is 4.50. The molecular formula is C15H22N2O. The number of amides is 1. The van der Waals surface area contributed by atoms with Crippen LogP contribution in [0.1, 0.15) is 31.7 Å². The maximum Gasteiger partial charge on any atom is 0.239 e. The summed E-state index contributed by atoms with van der Waals surface area (Å²) >= 11 is 0. The molecule has 1 aromatic rings. The molecule has 0 bridgehead atoms. The second kappa shape index (κ2) is 6.55. The Morgan fingerprint density at radius 1 is 1.33 bits per heavy atom. The third kappa shape index (κ3) is 3.33. The molecule has 0 radical (unpaired) electrons. The van der Waals surface area contributed by atoms with Crippen molar-refractivity contribution in [3.05, 3.63) is 35.9 Å². The number of benzene rings is 1. The Balaban J connectivity index is 1.97. The van der Waals surface area contributed by atoms with E-state index in [9.17, 15) is 4.79 Å². The Bertz CT molecular complexity index is 371. The zero-order valence-electron chi connectivity index (χ0n) is 11.1. The summed E-state index contributed by atoms with van der Waals surface area (Å²) in [5, 5.41) is 3.33. The van der Waals surface area contributed by atoms with Crippen molar-refractivity contribution in [2.24, 2.45) is 0 Å². The number of carbonyl (C=O) groups excluding carboxylic acids is 1. The van der Waals surface area contributed by atoms with Gasteiger partial charge in [-0.1, -0.05) is 36.8 Å². The van der Waals surface area contributed by atoms with Crippen LogP contribution in [0.25, 0.3) is 0 Å². The number of carbonyl (C=O) groups is 1. The van der Waals surface area contributed by atoms with E-state index in [1.165, 1.54) is 12.0 Å². The Hall–Kier alpha value is -1.35. The summed E-state index contributed by atoms with van der Waals surface area (Å²) in [5.74, 6) is 0.251. The van der Waals surface area contributed by atoms with Gasteiger partial charge in [0.25, 0.3) is 0 Å². The highest BCUT2D eigenvalue weighted by Crippen LogP contribution is 2.12. The van der Waals surface area contributed by atoms with Crippen molar-refractivity contribution >= 4 is 5.91 Å². The summed E-state index contributed by atoms with van der Waals surface area (Å²) < 4.78 is 0. The number of nitrogens with one attached hydrogen (secondary N) is 1. The van der Waals surface area contributed by atoms with Gasteiger partial charge in [0, 0.05) is 13.1 Å². The van der Waals surface area contributed by atoms with E-state index in [4.69, 9.17) is 0 Å². The molecule has 1 N–H and O–H groups in total. The minimum absolute atomic E-state index is 0.0300. The van der Waals surface area contributed by atoms with E-state index in [2.05, 4.69) is 17.4 Å². The lowest BCUT2D eigenvalue weighted by atomic mass is 10.0. The van der Waals surface area contributed by atoms with Gasteiger partial charge in [0.15, 0.2) is 0 Å². The Labute approximate surface area is 109 Å². The van der Waals surface area contributed by atoms with E-state index < -0.39 is 0 Å². The fourth-order valence-electron chi connectivity index (χ4n) is 2.43. The van der Waals surface area contributed by atoms with E-state index in [1.807, 2.05) is 30.0 Å². The van der Waals surface area contributed by atoms with Crippen LogP contribution in [-0.4, -0.2) is 29.9 Å². The maximum absolute atomic E-state index is 12.4. The van der Waals surface area contributed by atoms with Crippen molar-refractivity contribution in [2.45, 2.75) is 38.8 Å². The molecule has 2 rings (SSSR count). The summed E-state index contributed by atoms with van der Waals surface area (Å²) in [5.41, 5.74) is 1.20. The third-order valence-electron chi connectivity index (χ3n) is 3.52. The minimum atomic E-state index is 0.0300. The summed E-state index contributed by atoms with van der Waals surface area (Å²) in [6.07, 6.45) is 3.32. The molecule has 0 aromatic heterocycles. The summed E-state index contributed by atoms with van der Waals surface area (Å²) in [4.78, 5) is 14.3. The highest BCUT2D eigenvalue weighted by molar-refractivity contribution is 5.82. The molecule has 1 aliphatic rings. The van der Waals surface area contributed by atoms with Crippen molar-refractivity contribution in [2.75, 3.05) is 13.1 Å². The van der Waals surface area contributed by atoms with Gasteiger partial charge < -0.3 is 10.2 Å². The number of piperidine rings is 1. The van der Waals surface area contributed by atoms with Gasteiger partial charge in [-0.25, -0.2) is 0 Å². The number of hydrogen-bond donors (Lipinski definition) is 1. The number of nitrogens with zero attached hydrogens (tertiary/aromatic N) is 1. The Morgan fingerprint density at radius 2 is 2.11 bits per heavy atom. The normalized spacial score (nSPS) is 19.5. The molecule has 3 nitrogen and oxygen atoms in total. The molecule has 98 valence electrons. The van der Waals surface area contributed by atoms with Gasteiger partial charge in [0.05, 0.1) is 6.04 Å². The van der Waals surface area contributed by atoms with Crippen LogP contribution in [0, 0.1) is 0 Å². The Morgan fingerprint density at radius 3 is 2.72 bits per heavy atom. The number of rotatable bonds is 4. The molecule has 1 unspecified atom stereocenters. The first kappa shape index (κ1) is 13.1. The van der Waals surface area contributed by atoms with Crippen molar-refractivity contribution < 1.29 is 4.79 Å². The predicted octanol–water partition coefficient (Wildman–Crippen LogP) is 2.18. The van der Waals surface area contributed by atoms with Gasteiger partial charge in [-0.05, 0) is 31.9 Å². The van der Waals surface area contributed by atoms with Gasteiger partial charge in [0.2, 0.25) is 5.91 Å². The van der Waals surface area contributed by atoms with Gasteiger partial charge in [-0.15, -0.1) is 0 Å². The molecule has 0 saturated carbocycles. The second-order valence-electron chi connectivity index (χ2n) is 4.84. The molecule has 18 heavy (non-hydrogen) atoms. The van der Waals surface area contributed by atoms with Gasteiger partial charge in [0.1, 0.15) is 0 Å². The molecule has 1 aliphatic heterocycles. The molecule has 1 fully saturated rings.